The fourth-order valence-corrected chi connectivity index (χ4v) is 2.14. The summed E-state index contributed by atoms with van der Waals surface area (Å²) in [5.74, 6) is 1.14. The van der Waals surface area contributed by atoms with Crippen LogP contribution in [0, 0.1) is 0 Å². The molecule has 1 saturated heterocycles. The fraction of sp³-hybridized carbons (Fsp3) is 1.00. The molecule has 1 fully saturated rings. The molecule has 0 aromatic heterocycles. The predicted octanol–water partition coefficient (Wildman–Crippen LogP) is 1.26. The first-order valence-corrected chi connectivity index (χ1v) is 4.13. The molecule has 0 bridgehead atoms. The van der Waals surface area contributed by atoms with Crippen molar-refractivity contribution in [1.82, 2.24) is 0 Å². The number of hydrogen-bond acceptors (Lipinski definition) is 2. The third-order valence-electron chi connectivity index (χ3n) is 1.46. The van der Waals surface area contributed by atoms with E-state index in [0.717, 1.165) is 18.6 Å². The highest BCUT2D eigenvalue weighted by Crippen LogP contribution is 2.24. The minimum Gasteiger partial charge on any atom is -0.393 e. The molecule has 8 heavy (non-hydrogen) atoms. The number of hydrogen-bond donors (Lipinski definition) is 1. The molecule has 0 radical (unpaired) electrons. The highest BCUT2D eigenvalue weighted by molar-refractivity contribution is 7.99. The maximum atomic E-state index is 9.07. The van der Waals surface area contributed by atoms with Crippen molar-refractivity contribution in [2.24, 2.45) is 0 Å². The lowest BCUT2D eigenvalue weighted by Crippen LogP contribution is -2.19. The van der Waals surface area contributed by atoms with Gasteiger partial charge in [-0.05, 0) is 18.6 Å². The van der Waals surface area contributed by atoms with Crippen LogP contribution in [0.2, 0.25) is 0 Å². The molecule has 2 unspecified atom stereocenters. The zero-order valence-electron chi connectivity index (χ0n) is 5.13. The summed E-state index contributed by atoms with van der Waals surface area (Å²) in [7, 11) is 0. The molecule has 0 saturated carbocycles. The average Bonchev–Trinajstić information content (AvgIpc) is 1.64. The van der Waals surface area contributed by atoms with Crippen molar-refractivity contribution < 1.29 is 5.11 Å². The third kappa shape index (κ3) is 1.67. The van der Waals surface area contributed by atoms with Crippen LogP contribution in [-0.4, -0.2) is 22.2 Å². The van der Waals surface area contributed by atoms with E-state index < -0.39 is 0 Å². The van der Waals surface area contributed by atoms with Gasteiger partial charge in [-0.1, -0.05) is 6.92 Å². The Hall–Kier alpha value is 0.310. The molecule has 0 aromatic carbocycles. The Morgan fingerprint density at radius 3 is 2.75 bits per heavy atom. The highest BCUT2D eigenvalue weighted by Gasteiger charge is 2.15. The van der Waals surface area contributed by atoms with Crippen LogP contribution in [0.4, 0.5) is 0 Å². The van der Waals surface area contributed by atoms with Crippen LogP contribution < -0.4 is 0 Å². The Kier molecular flexibility index (Phi) is 2.20. The summed E-state index contributed by atoms with van der Waals surface area (Å²) in [4.78, 5) is 0. The van der Waals surface area contributed by atoms with E-state index in [1.807, 2.05) is 11.8 Å². The summed E-state index contributed by atoms with van der Waals surface area (Å²) in [5, 5.41) is 9.75. The van der Waals surface area contributed by atoms with Crippen LogP contribution in [0.5, 0.6) is 0 Å². The number of aliphatic hydroxyl groups is 1. The fourth-order valence-electron chi connectivity index (χ4n) is 0.974. The Morgan fingerprint density at radius 2 is 2.38 bits per heavy atom. The van der Waals surface area contributed by atoms with E-state index in [1.54, 1.807) is 0 Å². The smallest absolute Gasteiger partial charge is 0.0558 e. The van der Waals surface area contributed by atoms with E-state index in [2.05, 4.69) is 6.92 Å². The van der Waals surface area contributed by atoms with Gasteiger partial charge >= 0.3 is 0 Å². The SMILES string of the molecule is CC1CC(O)CCS1. The van der Waals surface area contributed by atoms with Crippen LogP contribution in [-0.2, 0) is 0 Å². The zero-order chi connectivity index (χ0) is 5.98. The van der Waals surface area contributed by atoms with Crippen molar-refractivity contribution in [2.45, 2.75) is 31.1 Å². The van der Waals surface area contributed by atoms with E-state index in [9.17, 15) is 0 Å². The van der Waals surface area contributed by atoms with Crippen molar-refractivity contribution in [3.05, 3.63) is 0 Å². The van der Waals surface area contributed by atoms with Gasteiger partial charge in [-0.25, -0.2) is 0 Å². The van der Waals surface area contributed by atoms with Crippen molar-refractivity contribution in [1.29, 1.82) is 0 Å². The molecule has 2 atom stereocenters. The lowest BCUT2D eigenvalue weighted by Gasteiger charge is -2.21. The van der Waals surface area contributed by atoms with E-state index in [4.69, 9.17) is 5.11 Å². The molecule has 1 rings (SSSR count). The third-order valence-corrected chi connectivity index (χ3v) is 2.69. The topological polar surface area (TPSA) is 20.2 Å². The van der Waals surface area contributed by atoms with Gasteiger partial charge in [-0.15, -0.1) is 0 Å². The molecule has 48 valence electrons. The van der Waals surface area contributed by atoms with Gasteiger partial charge in [0.1, 0.15) is 0 Å². The molecule has 0 aromatic rings. The molecule has 0 aliphatic carbocycles. The van der Waals surface area contributed by atoms with Crippen LogP contribution in [0.1, 0.15) is 19.8 Å². The largest absolute Gasteiger partial charge is 0.393 e. The van der Waals surface area contributed by atoms with E-state index in [1.165, 1.54) is 0 Å². The molecule has 1 aliphatic rings. The van der Waals surface area contributed by atoms with Gasteiger partial charge in [0, 0.05) is 5.25 Å². The maximum Gasteiger partial charge on any atom is 0.0558 e. The molecule has 1 N–H and O–H groups in total. The van der Waals surface area contributed by atoms with Crippen molar-refractivity contribution in [2.75, 3.05) is 5.75 Å². The standard InChI is InChI=1S/C6H12OS/c1-5-4-6(7)2-3-8-5/h5-7H,2-4H2,1H3. The van der Waals surface area contributed by atoms with Crippen molar-refractivity contribution >= 4 is 11.8 Å². The quantitative estimate of drug-likeness (QED) is 0.535. The lowest BCUT2D eigenvalue weighted by molar-refractivity contribution is 0.158. The Morgan fingerprint density at radius 1 is 1.62 bits per heavy atom. The molecule has 1 aliphatic heterocycles. The number of aliphatic hydroxyl groups excluding tert-OH is 1. The molecule has 1 heterocycles. The Balaban J connectivity index is 2.23. The van der Waals surface area contributed by atoms with E-state index in [0.29, 0.717) is 5.25 Å². The summed E-state index contributed by atoms with van der Waals surface area (Å²) < 4.78 is 0. The first-order chi connectivity index (χ1) is 3.79. The molecular formula is C6H12OS. The van der Waals surface area contributed by atoms with Gasteiger partial charge in [0.05, 0.1) is 6.10 Å². The first-order valence-electron chi connectivity index (χ1n) is 3.08. The van der Waals surface area contributed by atoms with Crippen molar-refractivity contribution in [3.63, 3.8) is 0 Å². The van der Waals surface area contributed by atoms with Crippen molar-refractivity contribution in [3.8, 4) is 0 Å². The minimum absolute atomic E-state index is 0.00810. The van der Waals surface area contributed by atoms with E-state index >= 15 is 0 Å². The molecule has 2 heteroatoms. The average molecular weight is 132 g/mol. The van der Waals surface area contributed by atoms with Crippen LogP contribution in [0.25, 0.3) is 0 Å². The number of rotatable bonds is 0. The normalized spacial score (nSPS) is 39.8. The van der Waals surface area contributed by atoms with Gasteiger partial charge in [0.25, 0.3) is 0 Å². The maximum absolute atomic E-state index is 9.07. The summed E-state index contributed by atoms with van der Waals surface area (Å²) in [6.45, 7) is 2.17. The Labute approximate surface area is 54.5 Å². The first kappa shape index (κ1) is 6.43. The molecule has 0 amide bonds. The van der Waals surface area contributed by atoms with Gasteiger partial charge in [0.2, 0.25) is 0 Å². The summed E-state index contributed by atoms with van der Waals surface area (Å²) in [6, 6.07) is 0. The van der Waals surface area contributed by atoms with Crippen LogP contribution in [0.15, 0.2) is 0 Å². The lowest BCUT2D eigenvalue weighted by atomic mass is 10.1. The monoisotopic (exact) mass is 132 g/mol. The van der Waals surface area contributed by atoms with Gasteiger partial charge in [0.15, 0.2) is 0 Å². The van der Waals surface area contributed by atoms with Crippen LogP contribution >= 0.6 is 11.8 Å². The summed E-state index contributed by atoms with van der Waals surface area (Å²) >= 11 is 1.96. The van der Waals surface area contributed by atoms with Crippen LogP contribution in [0.3, 0.4) is 0 Å². The summed E-state index contributed by atoms with van der Waals surface area (Å²) in [5.41, 5.74) is 0. The Bertz CT molecular complexity index is 66.9. The number of thioether (sulfide) groups is 1. The predicted molar refractivity (Wildman–Crippen MR) is 37.2 cm³/mol. The molecule has 1 nitrogen and oxygen atoms in total. The molecular weight excluding hydrogens is 120 g/mol. The van der Waals surface area contributed by atoms with E-state index in [-0.39, 0.29) is 6.10 Å². The van der Waals surface area contributed by atoms with Gasteiger partial charge in [-0.2, -0.15) is 11.8 Å². The second-order valence-electron chi connectivity index (χ2n) is 2.36. The second kappa shape index (κ2) is 2.74. The zero-order valence-corrected chi connectivity index (χ0v) is 5.95. The van der Waals surface area contributed by atoms with Gasteiger partial charge < -0.3 is 5.11 Å². The summed E-state index contributed by atoms with van der Waals surface area (Å²) in [6.07, 6.45) is 1.98. The highest BCUT2D eigenvalue weighted by atomic mass is 32.2. The second-order valence-corrected chi connectivity index (χ2v) is 3.91. The molecule has 0 spiro atoms. The minimum atomic E-state index is -0.00810. The van der Waals surface area contributed by atoms with Gasteiger partial charge in [-0.3, -0.25) is 0 Å².